The molecule has 0 amide bonds. The van der Waals surface area contributed by atoms with Crippen LogP contribution in [0.1, 0.15) is 6.92 Å². The standard InChI is InChI=1S/C10H13BrN2O4S/c1-10(12,9(14)17-2)13-18(15,16)8-6-4-3-5-7(8)11/h3-6,13H,12H2,1-2H3. The highest BCUT2D eigenvalue weighted by Crippen LogP contribution is 2.21. The number of benzene rings is 1. The van der Waals surface area contributed by atoms with Gasteiger partial charge in [-0.3, -0.25) is 0 Å². The summed E-state index contributed by atoms with van der Waals surface area (Å²) in [6, 6.07) is 6.19. The molecule has 0 saturated heterocycles. The fourth-order valence-electron chi connectivity index (χ4n) is 1.25. The van der Waals surface area contributed by atoms with E-state index in [2.05, 4.69) is 25.4 Å². The Morgan fingerprint density at radius 2 is 2.00 bits per heavy atom. The molecule has 0 aliphatic rings. The largest absolute Gasteiger partial charge is 0.467 e. The van der Waals surface area contributed by atoms with Crippen molar-refractivity contribution in [3.8, 4) is 0 Å². The van der Waals surface area contributed by atoms with E-state index in [0.717, 1.165) is 7.11 Å². The van der Waals surface area contributed by atoms with Gasteiger partial charge in [-0.25, -0.2) is 13.2 Å². The maximum atomic E-state index is 12.1. The molecule has 1 aromatic carbocycles. The minimum atomic E-state index is -3.93. The van der Waals surface area contributed by atoms with Gasteiger partial charge < -0.3 is 10.5 Å². The van der Waals surface area contributed by atoms with E-state index in [9.17, 15) is 13.2 Å². The lowest BCUT2D eigenvalue weighted by molar-refractivity contribution is -0.146. The number of carbonyl (C=O) groups excluding carboxylic acids is 1. The van der Waals surface area contributed by atoms with Crippen LogP contribution in [0.3, 0.4) is 0 Å². The van der Waals surface area contributed by atoms with Gasteiger partial charge in [-0.05, 0) is 35.0 Å². The smallest absolute Gasteiger partial charge is 0.341 e. The fourth-order valence-corrected chi connectivity index (χ4v) is 3.51. The number of rotatable bonds is 4. The highest BCUT2D eigenvalue weighted by molar-refractivity contribution is 9.10. The van der Waals surface area contributed by atoms with Crippen LogP contribution in [0.4, 0.5) is 0 Å². The number of hydrogen-bond donors (Lipinski definition) is 2. The van der Waals surface area contributed by atoms with E-state index in [1.807, 2.05) is 0 Å². The van der Waals surface area contributed by atoms with Crippen LogP contribution in [-0.2, 0) is 19.6 Å². The molecule has 100 valence electrons. The molecule has 18 heavy (non-hydrogen) atoms. The van der Waals surface area contributed by atoms with Gasteiger partial charge in [-0.1, -0.05) is 12.1 Å². The van der Waals surface area contributed by atoms with Crippen LogP contribution in [-0.4, -0.2) is 27.2 Å². The average molecular weight is 337 g/mol. The lowest BCUT2D eigenvalue weighted by Crippen LogP contribution is -2.59. The molecule has 1 atom stereocenters. The minimum Gasteiger partial charge on any atom is -0.467 e. The number of nitrogens with one attached hydrogen (secondary N) is 1. The summed E-state index contributed by atoms with van der Waals surface area (Å²) >= 11 is 3.12. The summed E-state index contributed by atoms with van der Waals surface area (Å²) in [5.74, 6) is -0.877. The molecule has 1 aromatic rings. The Bertz CT molecular complexity index is 557. The molecule has 1 unspecified atom stereocenters. The first-order valence-corrected chi connectivity index (χ1v) is 7.14. The number of ether oxygens (including phenoxy) is 1. The summed E-state index contributed by atoms with van der Waals surface area (Å²) in [6.45, 7) is 1.22. The Labute approximate surface area is 114 Å². The number of nitrogens with two attached hydrogens (primary N) is 1. The molecule has 0 bridgehead atoms. The summed E-state index contributed by atoms with van der Waals surface area (Å²) in [5, 5.41) is 0. The topological polar surface area (TPSA) is 98.5 Å². The van der Waals surface area contributed by atoms with Crippen LogP contribution in [0.2, 0.25) is 0 Å². The number of halogens is 1. The van der Waals surface area contributed by atoms with Gasteiger partial charge in [0, 0.05) is 4.47 Å². The first kappa shape index (κ1) is 15.1. The highest BCUT2D eigenvalue weighted by Gasteiger charge is 2.35. The van der Waals surface area contributed by atoms with Crippen LogP contribution in [0.15, 0.2) is 33.6 Å². The van der Waals surface area contributed by atoms with Gasteiger partial charge in [0.15, 0.2) is 5.66 Å². The van der Waals surface area contributed by atoms with Gasteiger partial charge in [-0.15, -0.1) is 0 Å². The molecule has 0 aromatic heterocycles. The number of sulfonamides is 1. The van der Waals surface area contributed by atoms with Crippen molar-refractivity contribution in [1.29, 1.82) is 0 Å². The zero-order valence-electron chi connectivity index (χ0n) is 9.81. The Morgan fingerprint density at radius 3 is 2.50 bits per heavy atom. The molecule has 0 saturated carbocycles. The third-order valence-electron chi connectivity index (χ3n) is 2.08. The summed E-state index contributed by atoms with van der Waals surface area (Å²) < 4.78 is 31.0. The van der Waals surface area contributed by atoms with Crippen molar-refractivity contribution in [1.82, 2.24) is 4.72 Å². The second-order valence-corrected chi connectivity index (χ2v) is 6.24. The second kappa shape index (κ2) is 5.35. The predicted molar refractivity (Wildman–Crippen MR) is 69.1 cm³/mol. The van der Waals surface area contributed by atoms with Gasteiger partial charge in [-0.2, -0.15) is 4.72 Å². The monoisotopic (exact) mass is 336 g/mol. The molecule has 0 heterocycles. The van der Waals surface area contributed by atoms with Crippen LogP contribution in [0.25, 0.3) is 0 Å². The van der Waals surface area contributed by atoms with Gasteiger partial charge >= 0.3 is 5.97 Å². The van der Waals surface area contributed by atoms with E-state index in [4.69, 9.17) is 5.73 Å². The molecule has 0 spiro atoms. The summed E-state index contributed by atoms with van der Waals surface area (Å²) in [6.07, 6.45) is 0. The molecular formula is C10H13BrN2O4S. The van der Waals surface area contributed by atoms with Crippen LogP contribution in [0.5, 0.6) is 0 Å². The molecule has 1 rings (SSSR count). The van der Waals surface area contributed by atoms with Crippen LogP contribution in [0, 0.1) is 0 Å². The highest BCUT2D eigenvalue weighted by atomic mass is 79.9. The molecule has 0 aliphatic carbocycles. The van der Waals surface area contributed by atoms with Gasteiger partial charge in [0.2, 0.25) is 10.0 Å². The lowest BCUT2D eigenvalue weighted by Gasteiger charge is -2.22. The molecule has 3 N–H and O–H groups in total. The Hall–Kier alpha value is -0.960. The Balaban J connectivity index is 3.11. The first-order chi connectivity index (χ1) is 8.20. The van der Waals surface area contributed by atoms with Crippen molar-refractivity contribution in [2.24, 2.45) is 5.73 Å². The van der Waals surface area contributed by atoms with Crippen molar-refractivity contribution in [2.45, 2.75) is 17.5 Å². The molecule has 0 radical (unpaired) electrons. The van der Waals surface area contributed by atoms with Crippen molar-refractivity contribution >= 4 is 31.9 Å². The Morgan fingerprint density at radius 1 is 1.44 bits per heavy atom. The molecule has 0 aliphatic heterocycles. The van der Waals surface area contributed by atoms with Gasteiger partial charge in [0.05, 0.1) is 12.0 Å². The molecule has 6 nitrogen and oxygen atoms in total. The van der Waals surface area contributed by atoms with E-state index >= 15 is 0 Å². The molecule has 8 heteroatoms. The summed E-state index contributed by atoms with van der Waals surface area (Å²) in [5.41, 5.74) is 3.73. The number of hydrogen-bond acceptors (Lipinski definition) is 5. The SMILES string of the molecule is COC(=O)C(C)(N)NS(=O)(=O)c1ccccc1Br. The number of methoxy groups -OCH3 is 1. The number of esters is 1. The van der Waals surface area contributed by atoms with Crippen molar-refractivity contribution < 1.29 is 17.9 Å². The normalized spacial score (nSPS) is 14.9. The van der Waals surface area contributed by atoms with Crippen LogP contribution < -0.4 is 10.5 Å². The van der Waals surface area contributed by atoms with Crippen LogP contribution >= 0.6 is 15.9 Å². The van der Waals surface area contributed by atoms with Gasteiger partial charge in [0.25, 0.3) is 0 Å². The van der Waals surface area contributed by atoms with Crippen molar-refractivity contribution in [2.75, 3.05) is 7.11 Å². The van der Waals surface area contributed by atoms with E-state index in [0.29, 0.717) is 4.47 Å². The maximum absolute atomic E-state index is 12.1. The number of carbonyl (C=O) groups is 1. The van der Waals surface area contributed by atoms with Crippen molar-refractivity contribution in [3.63, 3.8) is 0 Å². The van der Waals surface area contributed by atoms with E-state index in [1.54, 1.807) is 18.2 Å². The first-order valence-electron chi connectivity index (χ1n) is 4.86. The lowest BCUT2D eigenvalue weighted by atomic mass is 10.2. The molecule has 0 fully saturated rings. The zero-order chi connectivity index (χ0) is 14.0. The average Bonchev–Trinajstić information content (AvgIpc) is 2.26. The quantitative estimate of drug-likeness (QED) is 0.618. The fraction of sp³-hybridized carbons (Fsp3) is 0.300. The zero-order valence-corrected chi connectivity index (χ0v) is 12.2. The minimum absolute atomic E-state index is 0.00872. The van der Waals surface area contributed by atoms with E-state index < -0.39 is 21.7 Å². The Kier molecular flexibility index (Phi) is 4.49. The third-order valence-corrected chi connectivity index (χ3v) is 4.66. The summed E-state index contributed by atoms with van der Waals surface area (Å²) in [4.78, 5) is 11.3. The van der Waals surface area contributed by atoms with E-state index in [-0.39, 0.29) is 4.90 Å². The van der Waals surface area contributed by atoms with Gasteiger partial charge in [0.1, 0.15) is 0 Å². The van der Waals surface area contributed by atoms with E-state index in [1.165, 1.54) is 13.0 Å². The van der Waals surface area contributed by atoms with Crippen molar-refractivity contribution in [3.05, 3.63) is 28.7 Å². The third kappa shape index (κ3) is 3.29. The second-order valence-electron chi connectivity index (χ2n) is 3.73. The maximum Gasteiger partial charge on any atom is 0.341 e. The molecular weight excluding hydrogens is 324 g/mol. The summed E-state index contributed by atoms with van der Waals surface area (Å²) in [7, 11) is -2.80. The predicted octanol–water partition coefficient (Wildman–Crippen LogP) is 0.575.